The largest absolute Gasteiger partial charge is 0.461 e. The Hall–Kier alpha value is -3.88. The lowest BCUT2D eigenvalue weighted by atomic mass is 10.0. The first-order chi connectivity index (χ1) is 16.6. The van der Waals surface area contributed by atoms with E-state index in [9.17, 15) is 19.2 Å². The molecule has 0 aromatic heterocycles. The molecular formula is C26H31N3O6. The Morgan fingerprint density at radius 1 is 0.943 bits per heavy atom. The number of para-hydroxylation sites is 1. The molecule has 1 atom stereocenters. The SMILES string of the molecule is CC(C)(C)OC(=O)NCN1CCN(c2ccccc2)C(=O)C(CC(=O)OCc2ccccc2)C1=O. The average molecular weight is 482 g/mol. The summed E-state index contributed by atoms with van der Waals surface area (Å²) in [5.74, 6) is -2.98. The highest BCUT2D eigenvalue weighted by Gasteiger charge is 2.39. The number of rotatable bonds is 7. The Bertz CT molecular complexity index is 1040. The summed E-state index contributed by atoms with van der Waals surface area (Å²) in [5.41, 5.74) is 0.723. The minimum absolute atomic E-state index is 0.0427. The van der Waals surface area contributed by atoms with Crippen LogP contribution >= 0.6 is 0 Å². The normalized spacial score (nSPS) is 16.5. The Morgan fingerprint density at radius 2 is 1.57 bits per heavy atom. The van der Waals surface area contributed by atoms with E-state index in [1.165, 1.54) is 9.80 Å². The molecule has 1 aliphatic heterocycles. The van der Waals surface area contributed by atoms with E-state index in [-0.39, 0.29) is 26.4 Å². The molecular weight excluding hydrogens is 450 g/mol. The van der Waals surface area contributed by atoms with Crippen molar-refractivity contribution >= 4 is 29.6 Å². The maximum atomic E-state index is 13.4. The molecule has 1 saturated heterocycles. The minimum atomic E-state index is -1.28. The van der Waals surface area contributed by atoms with Gasteiger partial charge >= 0.3 is 12.1 Å². The number of carbonyl (C=O) groups excluding carboxylic acids is 4. The van der Waals surface area contributed by atoms with Crippen molar-refractivity contribution < 1.29 is 28.7 Å². The lowest BCUT2D eigenvalue weighted by molar-refractivity contribution is -0.152. The molecule has 0 aliphatic carbocycles. The summed E-state index contributed by atoms with van der Waals surface area (Å²) in [6.45, 7) is 5.47. The van der Waals surface area contributed by atoms with Crippen LogP contribution in [0.15, 0.2) is 60.7 Å². The van der Waals surface area contributed by atoms with Gasteiger partial charge in [0.25, 0.3) is 0 Å². The molecule has 1 aliphatic rings. The summed E-state index contributed by atoms with van der Waals surface area (Å²) < 4.78 is 10.6. The molecule has 35 heavy (non-hydrogen) atoms. The second-order valence-corrected chi connectivity index (χ2v) is 9.17. The number of benzene rings is 2. The molecule has 1 fully saturated rings. The number of nitrogens with one attached hydrogen (secondary N) is 1. The Morgan fingerprint density at radius 3 is 2.20 bits per heavy atom. The van der Waals surface area contributed by atoms with Crippen LogP contribution in [-0.4, -0.2) is 54.1 Å². The predicted molar refractivity (Wildman–Crippen MR) is 129 cm³/mol. The molecule has 1 unspecified atom stereocenters. The Labute approximate surface area is 205 Å². The Balaban J connectivity index is 1.74. The second kappa shape index (κ2) is 11.5. The van der Waals surface area contributed by atoms with Gasteiger partial charge in [-0.3, -0.25) is 14.4 Å². The molecule has 3 rings (SSSR count). The van der Waals surface area contributed by atoms with Crippen molar-refractivity contribution in [3.05, 3.63) is 66.2 Å². The quantitative estimate of drug-likeness (QED) is 0.481. The summed E-state index contributed by atoms with van der Waals surface area (Å²) in [7, 11) is 0. The molecule has 1 N–H and O–H groups in total. The summed E-state index contributed by atoms with van der Waals surface area (Å²) in [6, 6.07) is 18.1. The van der Waals surface area contributed by atoms with E-state index in [1.807, 2.05) is 36.4 Å². The van der Waals surface area contributed by atoms with Crippen LogP contribution in [0.1, 0.15) is 32.8 Å². The van der Waals surface area contributed by atoms with Gasteiger partial charge in [0.2, 0.25) is 11.8 Å². The number of ether oxygens (including phenoxy) is 2. The third-order valence-corrected chi connectivity index (χ3v) is 5.26. The van der Waals surface area contributed by atoms with Gasteiger partial charge in [-0.2, -0.15) is 0 Å². The zero-order valence-electron chi connectivity index (χ0n) is 20.2. The van der Waals surface area contributed by atoms with Crippen LogP contribution in [0.2, 0.25) is 0 Å². The van der Waals surface area contributed by atoms with Gasteiger partial charge in [0.15, 0.2) is 0 Å². The summed E-state index contributed by atoms with van der Waals surface area (Å²) in [5, 5.41) is 2.56. The van der Waals surface area contributed by atoms with Crippen LogP contribution in [0.25, 0.3) is 0 Å². The zero-order chi connectivity index (χ0) is 25.4. The van der Waals surface area contributed by atoms with Crippen LogP contribution in [0.5, 0.6) is 0 Å². The third-order valence-electron chi connectivity index (χ3n) is 5.26. The van der Waals surface area contributed by atoms with Crippen molar-refractivity contribution in [3.63, 3.8) is 0 Å². The monoisotopic (exact) mass is 481 g/mol. The number of amides is 3. The van der Waals surface area contributed by atoms with E-state index in [0.29, 0.717) is 5.69 Å². The van der Waals surface area contributed by atoms with Crippen LogP contribution in [-0.2, 0) is 30.5 Å². The summed E-state index contributed by atoms with van der Waals surface area (Å²) in [6.07, 6.45) is -1.09. The van der Waals surface area contributed by atoms with E-state index >= 15 is 0 Å². The van der Waals surface area contributed by atoms with Gasteiger partial charge in [-0.25, -0.2) is 4.79 Å². The third kappa shape index (κ3) is 7.56. The van der Waals surface area contributed by atoms with Crippen molar-refractivity contribution in [3.8, 4) is 0 Å². The van der Waals surface area contributed by atoms with Crippen molar-refractivity contribution in [2.24, 2.45) is 5.92 Å². The number of hydrogen-bond acceptors (Lipinski definition) is 6. The molecule has 1 heterocycles. The first kappa shape index (κ1) is 25.7. The fraction of sp³-hybridized carbons (Fsp3) is 0.385. The number of nitrogens with zero attached hydrogens (tertiary/aromatic N) is 2. The molecule has 0 saturated carbocycles. The zero-order valence-corrected chi connectivity index (χ0v) is 20.2. The molecule has 0 spiro atoms. The standard InChI is InChI=1S/C26H31N3O6/c1-26(2,3)35-25(33)27-18-28-14-15-29(20-12-8-5-9-13-20)24(32)21(23(28)31)16-22(30)34-17-19-10-6-4-7-11-19/h4-13,21H,14-18H2,1-3H3,(H,27,33). The van der Waals surface area contributed by atoms with Gasteiger partial charge in [0, 0.05) is 18.8 Å². The van der Waals surface area contributed by atoms with Crippen molar-refractivity contribution in [1.82, 2.24) is 10.2 Å². The average Bonchev–Trinajstić information content (AvgIpc) is 2.93. The molecule has 2 aromatic carbocycles. The highest BCUT2D eigenvalue weighted by molar-refractivity contribution is 6.10. The number of carbonyl (C=O) groups is 4. The maximum Gasteiger partial charge on any atom is 0.409 e. The highest BCUT2D eigenvalue weighted by Crippen LogP contribution is 2.23. The molecule has 9 nitrogen and oxygen atoms in total. The first-order valence-corrected chi connectivity index (χ1v) is 11.5. The van der Waals surface area contributed by atoms with Crippen molar-refractivity contribution in [2.45, 2.75) is 39.4 Å². The molecule has 2 aromatic rings. The number of anilines is 1. The molecule has 0 radical (unpaired) electrons. The fourth-order valence-electron chi connectivity index (χ4n) is 3.59. The van der Waals surface area contributed by atoms with Crippen LogP contribution in [0.4, 0.5) is 10.5 Å². The molecule has 186 valence electrons. The summed E-state index contributed by atoms with van der Waals surface area (Å²) >= 11 is 0. The van der Waals surface area contributed by atoms with Gasteiger partial charge in [0.1, 0.15) is 18.1 Å². The van der Waals surface area contributed by atoms with Crippen LogP contribution in [0.3, 0.4) is 0 Å². The number of alkyl carbamates (subject to hydrolysis) is 1. The van der Waals surface area contributed by atoms with Gasteiger partial charge in [-0.05, 0) is 38.5 Å². The van der Waals surface area contributed by atoms with Crippen LogP contribution < -0.4 is 10.2 Å². The minimum Gasteiger partial charge on any atom is -0.461 e. The van der Waals surface area contributed by atoms with E-state index < -0.39 is 41.8 Å². The lowest BCUT2D eigenvalue weighted by Crippen LogP contribution is -2.46. The molecule has 0 bridgehead atoms. The van der Waals surface area contributed by atoms with E-state index in [1.54, 1.807) is 45.0 Å². The Kier molecular flexibility index (Phi) is 8.46. The maximum absolute atomic E-state index is 13.4. The highest BCUT2D eigenvalue weighted by atomic mass is 16.6. The molecule has 3 amide bonds. The van der Waals surface area contributed by atoms with Crippen LogP contribution in [0, 0.1) is 5.92 Å². The number of esters is 1. The van der Waals surface area contributed by atoms with E-state index in [0.717, 1.165) is 5.56 Å². The predicted octanol–water partition coefficient (Wildman–Crippen LogP) is 3.09. The lowest BCUT2D eigenvalue weighted by Gasteiger charge is -2.25. The smallest absolute Gasteiger partial charge is 0.409 e. The van der Waals surface area contributed by atoms with E-state index in [2.05, 4.69) is 5.32 Å². The van der Waals surface area contributed by atoms with Gasteiger partial charge < -0.3 is 24.6 Å². The second-order valence-electron chi connectivity index (χ2n) is 9.17. The van der Waals surface area contributed by atoms with Gasteiger partial charge in [-0.1, -0.05) is 48.5 Å². The molecule has 9 heteroatoms. The topological polar surface area (TPSA) is 105 Å². The number of hydrogen-bond donors (Lipinski definition) is 1. The van der Waals surface area contributed by atoms with Gasteiger partial charge in [0.05, 0.1) is 13.1 Å². The fourth-order valence-corrected chi connectivity index (χ4v) is 3.59. The summed E-state index contributed by atoms with van der Waals surface area (Å²) in [4.78, 5) is 54.3. The van der Waals surface area contributed by atoms with Gasteiger partial charge in [-0.15, -0.1) is 0 Å². The van der Waals surface area contributed by atoms with E-state index in [4.69, 9.17) is 9.47 Å². The van der Waals surface area contributed by atoms with Crippen molar-refractivity contribution in [1.29, 1.82) is 0 Å². The first-order valence-electron chi connectivity index (χ1n) is 11.5. The van der Waals surface area contributed by atoms with Crippen molar-refractivity contribution in [2.75, 3.05) is 24.7 Å².